The highest BCUT2D eigenvalue weighted by atomic mass is 16.6. The van der Waals surface area contributed by atoms with Crippen molar-refractivity contribution < 1.29 is 23.9 Å². The van der Waals surface area contributed by atoms with Crippen molar-refractivity contribution in [1.82, 2.24) is 15.5 Å². The Morgan fingerprint density at radius 2 is 1.65 bits per heavy atom. The molecule has 0 aliphatic heterocycles. The van der Waals surface area contributed by atoms with Gasteiger partial charge in [0.05, 0.1) is 0 Å². The van der Waals surface area contributed by atoms with E-state index in [9.17, 15) is 19.2 Å². The van der Waals surface area contributed by atoms with Crippen molar-refractivity contribution in [1.29, 1.82) is 0 Å². The minimum absolute atomic E-state index is 0.0124. The van der Waals surface area contributed by atoms with E-state index in [1.165, 1.54) is 4.90 Å². The molecule has 2 rings (SSSR count). The molecule has 4 N–H and O–H groups in total. The van der Waals surface area contributed by atoms with Crippen LogP contribution in [0.2, 0.25) is 0 Å². The average molecular weight is 517 g/mol. The number of nitrogens with two attached hydrogens (primary N) is 1. The van der Waals surface area contributed by atoms with Gasteiger partial charge in [-0.05, 0) is 66.4 Å². The van der Waals surface area contributed by atoms with Crippen LogP contribution in [0, 0.1) is 6.92 Å². The predicted molar refractivity (Wildman–Crippen MR) is 143 cm³/mol. The lowest BCUT2D eigenvalue weighted by molar-refractivity contribution is -0.145. The number of nitrogens with one attached hydrogen (secondary N) is 2. The van der Waals surface area contributed by atoms with E-state index in [1.54, 1.807) is 20.8 Å². The van der Waals surface area contributed by atoms with Crippen LogP contribution in [0.3, 0.4) is 0 Å². The van der Waals surface area contributed by atoms with Gasteiger partial charge < -0.3 is 26.0 Å². The van der Waals surface area contributed by atoms with Gasteiger partial charge in [0.2, 0.25) is 17.7 Å². The van der Waals surface area contributed by atoms with Crippen molar-refractivity contribution >= 4 is 23.8 Å². The zero-order valence-corrected chi connectivity index (χ0v) is 23.1. The van der Waals surface area contributed by atoms with Gasteiger partial charge in [-0.2, -0.15) is 0 Å². The van der Waals surface area contributed by atoms with E-state index in [2.05, 4.69) is 10.6 Å². The number of aryl methyl sites for hydroxylation is 1. The zero-order valence-electron chi connectivity index (χ0n) is 23.1. The monoisotopic (exact) mass is 516 g/mol. The predicted octanol–water partition coefficient (Wildman–Crippen LogP) is 3.88. The maximum absolute atomic E-state index is 14.0. The zero-order chi connectivity index (χ0) is 27.8. The molecule has 2 unspecified atom stereocenters. The Hall–Kier alpha value is -3.10. The second-order valence-corrected chi connectivity index (χ2v) is 11.2. The minimum Gasteiger partial charge on any atom is -0.444 e. The summed E-state index contributed by atoms with van der Waals surface area (Å²) < 4.78 is 5.36. The summed E-state index contributed by atoms with van der Waals surface area (Å²) in [5.74, 6) is -1.33. The third-order valence-corrected chi connectivity index (χ3v) is 6.35. The van der Waals surface area contributed by atoms with Gasteiger partial charge in [-0.15, -0.1) is 0 Å². The Balaban J connectivity index is 2.43. The third-order valence-electron chi connectivity index (χ3n) is 6.35. The molecular weight excluding hydrogens is 472 g/mol. The highest BCUT2D eigenvalue weighted by Crippen LogP contribution is 2.27. The summed E-state index contributed by atoms with van der Waals surface area (Å²) in [5.41, 5.74) is 6.28. The van der Waals surface area contributed by atoms with Crippen molar-refractivity contribution in [2.24, 2.45) is 5.73 Å². The second-order valence-electron chi connectivity index (χ2n) is 11.2. The highest BCUT2D eigenvalue weighted by Gasteiger charge is 2.38. The Morgan fingerprint density at radius 3 is 2.16 bits per heavy atom. The number of hydrogen-bond acceptors (Lipinski definition) is 5. The first kappa shape index (κ1) is 30.1. The molecule has 2 atom stereocenters. The number of rotatable bonds is 10. The average Bonchev–Trinajstić information content (AvgIpc) is 2.79. The van der Waals surface area contributed by atoms with Crippen LogP contribution in [-0.4, -0.2) is 52.4 Å². The molecule has 0 radical (unpaired) electrons. The molecule has 0 spiro atoms. The molecule has 4 amide bonds. The summed E-state index contributed by atoms with van der Waals surface area (Å²) >= 11 is 0. The topological polar surface area (TPSA) is 131 Å². The summed E-state index contributed by atoms with van der Waals surface area (Å²) in [6.07, 6.45) is 4.18. The highest BCUT2D eigenvalue weighted by molar-refractivity contribution is 5.92. The summed E-state index contributed by atoms with van der Waals surface area (Å²) in [5, 5.41) is 5.77. The van der Waals surface area contributed by atoms with Crippen LogP contribution in [-0.2, 0) is 19.1 Å². The minimum atomic E-state index is -1.10. The maximum atomic E-state index is 14.0. The van der Waals surface area contributed by atoms with E-state index in [-0.39, 0.29) is 30.8 Å². The van der Waals surface area contributed by atoms with Gasteiger partial charge in [0.1, 0.15) is 17.7 Å². The van der Waals surface area contributed by atoms with Crippen LogP contribution in [0.15, 0.2) is 24.3 Å². The van der Waals surface area contributed by atoms with Crippen LogP contribution in [0.1, 0.15) is 96.7 Å². The lowest BCUT2D eigenvalue weighted by Crippen LogP contribution is -2.56. The van der Waals surface area contributed by atoms with Crippen LogP contribution in [0.25, 0.3) is 0 Å². The number of nitrogens with zero attached hydrogens (tertiary/aromatic N) is 1. The van der Waals surface area contributed by atoms with Gasteiger partial charge in [0, 0.05) is 18.5 Å². The quantitative estimate of drug-likeness (QED) is 0.434. The fourth-order valence-corrected chi connectivity index (χ4v) is 4.57. The van der Waals surface area contributed by atoms with Gasteiger partial charge in [0.25, 0.3) is 0 Å². The standard InChI is InChI=1S/C28H44N4O5/c1-18(2)32(26(35)22(16-17-23(29)33)31-27(36)37-28(4,5)6)24(20-14-12-19(3)13-15-20)25(34)30-21-10-8-7-9-11-21/h12-15,18,21-22,24H,7-11,16-17H2,1-6H3,(H2,29,33)(H,30,34)(H,31,36). The summed E-state index contributed by atoms with van der Waals surface area (Å²) in [6, 6.07) is 5.18. The first-order valence-electron chi connectivity index (χ1n) is 13.3. The molecule has 0 aromatic heterocycles. The maximum Gasteiger partial charge on any atom is 0.408 e. The number of alkyl carbamates (subject to hydrolysis) is 1. The molecule has 1 aliphatic rings. The Morgan fingerprint density at radius 1 is 1.05 bits per heavy atom. The van der Waals surface area contributed by atoms with Gasteiger partial charge in [-0.25, -0.2) is 4.79 Å². The molecule has 1 saturated carbocycles. The SMILES string of the molecule is Cc1ccc(C(C(=O)NC2CCCCC2)N(C(=O)C(CCC(N)=O)NC(=O)OC(C)(C)C)C(C)C)cc1. The Labute approximate surface area is 220 Å². The van der Waals surface area contributed by atoms with Crippen molar-refractivity contribution in [2.45, 2.75) is 116 Å². The summed E-state index contributed by atoms with van der Waals surface area (Å²) in [6.45, 7) is 10.8. The van der Waals surface area contributed by atoms with Gasteiger partial charge in [-0.3, -0.25) is 14.4 Å². The number of carbonyl (C=O) groups excluding carboxylic acids is 4. The van der Waals surface area contributed by atoms with E-state index < -0.39 is 35.6 Å². The van der Waals surface area contributed by atoms with Crippen molar-refractivity contribution in [3.8, 4) is 0 Å². The Kier molecular flexibility index (Phi) is 10.9. The number of amides is 4. The van der Waals surface area contributed by atoms with E-state index in [0.29, 0.717) is 5.56 Å². The number of benzene rings is 1. The van der Waals surface area contributed by atoms with Crippen molar-refractivity contribution in [2.75, 3.05) is 0 Å². The normalized spacial score (nSPS) is 16.0. The van der Waals surface area contributed by atoms with E-state index in [0.717, 1.165) is 37.7 Å². The molecule has 0 heterocycles. The molecule has 0 saturated heterocycles. The molecule has 37 heavy (non-hydrogen) atoms. The fraction of sp³-hybridized carbons (Fsp3) is 0.643. The summed E-state index contributed by atoms with van der Waals surface area (Å²) in [4.78, 5) is 53.4. The third kappa shape index (κ3) is 9.70. The number of hydrogen-bond donors (Lipinski definition) is 3. The molecular formula is C28H44N4O5. The molecule has 1 fully saturated rings. The molecule has 9 heteroatoms. The van der Waals surface area contributed by atoms with Gasteiger partial charge in [0.15, 0.2) is 0 Å². The van der Waals surface area contributed by atoms with E-state index in [4.69, 9.17) is 10.5 Å². The lowest BCUT2D eigenvalue weighted by Gasteiger charge is -2.38. The molecule has 206 valence electrons. The van der Waals surface area contributed by atoms with E-state index >= 15 is 0 Å². The molecule has 1 aliphatic carbocycles. The summed E-state index contributed by atoms with van der Waals surface area (Å²) in [7, 11) is 0. The largest absolute Gasteiger partial charge is 0.444 e. The molecule has 9 nitrogen and oxygen atoms in total. The van der Waals surface area contributed by atoms with Crippen molar-refractivity contribution in [3.05, 3.63) is 35.4 Å². The van der Waals surface area contributed by atoms with Crippen LogP contribution in [0.4, 0.5) is 4.79 Å². The first-order valence-corrected chi connectivity index (χ1v) is 13.3. The van der Waals surface area contributed by atoms with Crippen LogP contribution in [0.5, 0.6) is 0 Å². The first-order chi connectivity index (χ1) is 17.3. The number of carbonyl (C=O) groups is 4. The van der Waals surface area contributed by atoms with Crippen LogP contribution < -0.4 is 16.4 Å². The number of ether oxygens (including phenoxy) is 1. The van der Waals surface area contributed by atoms with Gasteiger partial charge >= 0.3 is 6.09 Å². The lowest BCUT2D eigenvalue weighted by atomic mass is 9.94. The van der Waals surface area contributed by atoms with Gasteiger partial charge in [-0.1, -0.05) is 49.1 Å². The smallest absolute Gasteiger partial charge is 0.408 e. The molecule has 0 bridgehead atoms. The van der Waals surface area contributed by atoms with Crippen molar-refractivity contribution in [3.63, 3.8) is 0 Å². The Bertz CT molecular complexity index is 933. The number of primary amides is 1. The molecule has 1 aromatic carbocycles. The van der Waals surface area contributed by atoms with E-state index in [1.807, 2.05) is 45.0 Å². The second kappa shape index (κ2) is 13.4. The molecule has 1 aromatic rings. The fourth-order valence-electron chi connectivity index (χ4n) is 4.57. The van der Waals surface area contributed by atoms with Crippen LogP contribution >= 0.6 is 0 Å².